The van der Waals surface area contributed by atoms with E-state index in [-0.39, 0.29) is 17.3 Å². The van der Waals surface area contributed by atoms with Crippen LogP contribution >= 0.6 is 0 Å². The van der Waals surface area contributed by atoms with Crippen molar-refractivity contribution in [2.45, 2.75) is 6.43 Å². The summed E-state index contributed by atoms with van der Waals surface area (Å²) in [7, 11) is 1.36. The quantitative estimate of drug-likeness (QED) is 0.356. The maximum Gasteiger partial charge on any atom is 0.272 e. The molecular formula is C10H12F2N2O3. The lowest BCUT2D eigenvalue weighted by molar-refractivity contribution is 0.0804. The second-order valence-corrected chi connectivity index (χ2v) is 3.05. The highest BCUT2D eigenvalue weighted by molar-refractivity contribution is 5.97. The van der Waals surface area contributed by atoms with Crippen LogP contribution in [0.5, 0.6) is 11.5 Å². The number of rotatable bonds is 5. The number of hydrogen-bond donors (Lipinski definition) is 2. The lowest BCUT2D eigenvalue weighted by Crippen LogP contribution is -2.13. The van der Waals surface area contributed by atoms with Gasteiger partial charge in [-0.1, -0.05) is 5.16 Å². The van der Waals surface area contributed by atoms with Gasteiger partial charge in [-0.3, -0.25) is 0 Å². The predicted molar refractivity (Wildman–Crippen MR) is 57.0 cm³/mol. The Morgan fingerprint density at radius 1 is 1.47 bits per heavy atom. The van der Waals surface area contributed by atoms with Crippen LogP contribution in [-0.4, -0.2) is 31.2 Å². The predicted octanol–water partition coefficient (Wildman–Crippen LogP) is 1.43. The zero-order valence-corrected chi connectivity index (χ0v) is 9.06. The van der Waals surface area contributed by atoms with Crippen LogP contribution in [0.4, 0.5) is 8.78 Å². The van der Waals surface area contributed by atoms with E-state index in [4.69, 9.17) is 20.4 Å². The highest BCUT2D eigenvalue weighted by atomic mass is 19.3. The van der Waals surface area contributed by atoms with E-state index >= 15 is 0 Å². The molecule has 17 heavy (non-hydrogen) atoms. The highest BCUT2D eigenvalue weighted by Gasteiger charge is 2.10. The maximum absolute atomic E-state index is 12.0. The Morgan fingerprint density at radius 2 is 2.18 bits per heavy atom. The normalized spacial score (nSPS) is 11.6. The summed E-state index contributed by atoms with van der Waals surface area (Å²) in [5, 5.41) is 11.3. The molecule has 1 aromatic rings. The molecule has 0 unspecified atom stereocenters. The van der Waals surface area contributed by atoms with Crippen molar-refractivity contribution in [2.75, 3.05) is 13.7 Å². The van der Waals surface area contributed by atoms with Crippen molar-refractivity contribution in [3.8, 4) is 11.5 Å². The molecule has 3 N–H and O–H groups in total. The van der Waals surface area contributed by atoms with Crippen LogP contribution < -0.4 is 15.2 Å². The number of ether oxygens (including phenoxy) is 2. The van der Waals surface area contributed by atoms with Crippen LogP contribution in [-0.2, 0) is 0 Å². The average Bonchev–Trinajstić information content (AvgIpc) is 2.34. The standard InChI is InChI=1S/C10H12F2N2O3/c1-16-8-4-6(10(13)14-15)2-3-7(8)17-5-9(11)12/h2-4,9,15H,5H2,1H3,(H2,13,14). The Hall–Kier alpha value is -2.05. The van der Waals surface area contributed by atoms with Crippen LogP contribution in [0.25, 0.3) is 0 Å². The van der Waals surface area contributed by atoms with Crippen molar-refractivity contribution >= 4 is 5.84 Å². The molecule has 0 spiro atoms. The molecular weight excluding hydrogens is 234 g/mol. The van der Waals surface area contributed by atoms with Gasteiger partial charge in [0, 0.05) is 5.56 Å². The van der Waals surface area contributed by atoms with E-state index in [0.717, 1.165) is 0 Å². The van der Waals surface area contributed by atoms with E-state index in [2.05, 4.69) is 5.16 Å². The Bertz CT molecular complexity index is 411. The van der Waals surface area contributed by atoms with Crippen molar-refractivity contribution in [1.82, 2.24) is 0 Å². The van der Waals surface area contributed by atoms with E-state index in [1.807, 2.05) is 0 Å². The Morgan fingerprint density at radius 3 is 2.71 bits per heavy atom. The van der Waals surface area contributed by atoms with Crippen molar-refractivity contribution < 1.29 is 23.5 Å². The molecule has 0 aromatic heterocycles. The van der Waals surface area contributed by atoms with Gasteiger partial charge in [-0.05, 0) is 18.2 Å². The molecule has 0 radical (unpaired) electrons. The topological polar surface area (TPSA) is 77.1 Å². The van der Waals surface area contributed by atoms with Crippen molar-refractivity contribution in [3.63, 3.8) is 0 Å². The molecule has 0 aliphatic carbocycles. The van der Waals surface area contributed by atoms with Gasteiger partial charge in [0.2, 0.25) is 0 Å². The number of amidine groups is 1. The molecule has 0 aliphatic heterocycles. The van der Waals surface area contributed by atoms with Gasteiger partial charge in [-0.25, -0.2) is 8.78 Å². The number of nitrogens with zero attached hydrogens (tertiary/aromatic N) is 1. The first kappa shape index (κ1) is 13.0. The van der Waals surface area contributed by atoms with Gasteiger partial charge in [0.05, 0.1) is 7.11 Å². The summed E-state index contributed by atoms with van der Waals surface area (Å²) in [5.41, 5.74) is 5.77. The minimum absolute atomic E-state index is 0.108. The first-order chi connectivity index (χ1) is 8.08. The van der Waals surface area contributed by atoms with Gasteiger partial charge in [-0.2, -0.15) is 0 Å². The van der Waals surface area contributed by atoms with Crippen molar-refractivity contribution in [3.05, 3.63) is 23.8 Å². The fraction of sp³-hybridized carbons (Fsp3) is 0.300. The number of alkyl halides is 2. The number of hydrogen-bond acceptors (Lipinski definition) is 4. The molecule has 1 aromatic carbocycles. The third-order valence-corrected chi connectivity index (χ3v) is 1.93. The molecule has 1 rings (SSSR count). The third-order valence-electron chi connectivity index (χ3n) is 1.93. The summed E-state index contributed by atoms with van der Waals surface area (Å²) in [4.78, 5) is 0. The number of oxime groups is 1. The van der Waals surface area contributed by atoms with Crippen molar-refractivity contribution in [1.29, 1.82) is 0 Å². The van der Waals surface area contributed by atoms with Crippen LogP contribution in [0.15, 0.2) is 23.4 Å². The van der Waals surface area contributed by atoms with Gasteiger partial charge in [0.1, 0.15) is 6.61 Å². The minimum Gasteiger partial charge on any atom is -0.493 e. The first-order valence-corrected chi connectivity index (χ1v) is 4.65. The van der Waals surface area contributed by atoms with Crippen LogP contribution in [0.1, 0.15) is 5.56 Å². The molecule has 0 saturated heterocycles. The molecule has 94 valence electrons. The van der Waals surface area contributed by atoms with Gasteiger partial charge < -0.3 is 20.4 Å². The smallest absolute Gasteiger partial charge is 0.272 e. The molecule has 0 atom stereocenters. The highest BCUT2D eigenvalue weighted by Crippen LogP contribution is 2.28. The monoisotopic (exact) mass is 246 g/mol. The summed E-state index contributed by atoms with van der Waals surface area (Å²) in [6, 6.07) is 4.31. The summed E-state index contributed by atoms with van der Waals surface area (Å²) in [5.74, 6) is 0.292. The zero-order chi connectivity index (χ0) is 12.8. The van der Waals surface area contributed by atoms with Gasteiger partial charge in [0.15, 0.2) is 17.3 Å². The van der Waals surface area contributed by atoms with E-state index in [1.54, 1.807) is 0 Å². The van der Waals surface area contributed by atoms with Crippen molar-refractivity contribution in [2.24, 2.45) is 10.9 Å². The molecule has 0 fully saturated rings. The van der Waals surface area contributed by atoms with E-state index in [9.17, 15) is 8.78 Å². The Labute approximate surface area is 96.4 Å². The second kappa shape index (κ2) is 5.88. The molecule has 7 heteroatoms. The first-order valence-electron chi connectivity index (χ1n) is 4.65. The summed E-state index contributed by atoms with van der Waals surface area (Å²) >= 11 is 0. The fourth-order valence-corrected chi connectivity index (χ4v) is 1.16. The summed E-state index contributed by atoms with van der Waals surface area (Å²) < 4.78 is 33.8. The summed E-state index contributed by atoms with van der Waals surface area (Å²) in [6.45, 7) is -0.723. The molecule has 5 nitrogen and oxygen atoms in total. The van der Waals surface area contributed by atoms with Crippen LogP contribution in [0.2, 0.25) is 0 Å². The van der Waals surface area contributed by atoms with E-state index in [0.29, 0.717) is 5.56 Å². The largest absolute Gasteiger partial charge is 0.493 e. The lowest BCUT2D eigenvalue weighted by Gasteiger charge is -2.11. The molecule has 0 aliphatic rings. The van der Waals surface area contributed by atoms with E-state index in [1.165, 1.54) is 25.3 Å². The van der Waals surface area contributed by atoms with Gasteiger partial charge in [0.25, 0.3) is 6.43 Å². The molecule has 0 amide bonds. The lowest BCUT2D eigenvalue weighted by atomic mass is 10.2. The fourth-order valence-electron chi connectivity index (χ4n) is 1.16. The Kier molecular flexibility index (Phi) is 4.50. The number of methoxy groups -OCH3 is 1. The molecule has 0 saturated carbocycles. The van der Waals surface area contributed by atoms with Gasteiger partial charge in [-0.15, -0.1) is 0 Å². The van der Waals surface area contributed by atoms with E-state index < -0.39 is 13.0 Å². The van der Waals surface area contributed by atoms with Gasteiger partial charge >= 0.3 is 0 Å². The SMILES string of the molecule is COc1cc(/C(N)=N/O)ccc1OCC(F)F. The third kappa shape index (κ3) is 3.47. The van der Waals surface area contributed by atoms with Crippen LogP contribution in [0, 0.1) is 0 Å². The second-order valence-electron chi connectivity index (χ2n) is 3.05. The minimum atomic E-state index is -2.57. The van der Waals surface area contributed by atoms with Crippen LogP contribution in [0.3, 0.4) is 0 Å². The number of nitrogens with two attached hydrogens (primary N) is 1. The molecule has 0 bridgehead atoms. The number of halogens is 2. The zero-order valence-electron chi connectivity index (χ0n) is 9.06. The Balaban J connectivity index is 2.93. The molecule has 0 heterocycles. The maximum atomic E-state index is 12.0. The average molecular weight is 246 g/mol. The summed E-state index contributed by atoms with van der Waals surface area (Å²) in [6.07, 6.45) is -2.57. The number of benzene rings is 1.